The van der Waals surface area contributed by atoms with E-state index in [2.05, 4.69) is 9.97 Å². The van der Waals surface area contributed by atoms with Crippen LogP contribution in [-0.4, -0.2) is 28.8 Å². The highest BCUT2D eigenvalue weighted by molar-refractivity contribution is 5.57. The highest BCUT2D eigenvalue weighted by atomic mass is 16.5. The zero-order chi connectivity index (χ0) is 11.4. The first-order valence-electron chi connectivity index (χ1n) is 5.12. The van der Waals surface area contributed by atoms with Crippen LogP contribution < -0.4 is 4.74 Å². The second-order valence-corrected chi connectivity index (χ2v) is 3.46. The minimum Gasteiger partial charge on any atom is -0.497 e. The third kappa shape index (κ3) is 2.23. The normalized spacial score (nSPS) is 10.4. The molecule has 2 aromatic rings. The fraction of sp³-hybridized carbons (Fsp3) is 0.250. The summed E-state index contributed by atoms with van der Waals surface area (Å²) in [6, 6.07) is 7.69. The first-order chi connectivity index (χ1) is 7.83. The van der Waals surface area contributed by atoms with E-state index in [0.717, 1.165) is 22.8 Å². The number of aromatic amines is 1. The van der Waals surface area contributed by atoms with Crippen molar-refractivity contribution in [1.29, 1.82) is 0 Å². The molecule has 1 aromatic carbocycles. The third-order valence-electron chi connectivity index (χ3n) is 2.35. The summed E-state index contributed by atoms with van der Waals surface area (Å²) in [6.07, 6.45) is 2.34. The second-order valence-electron chi connectivity index (χ2n) is 3.46. The minimum atomic E-state index is 0.125. The molecule has 0 aliphatic rings. The number of aliphatic hydroxyl groups is 1. The lowest BCUT2D eigenvalue weighted by Gasteiger charge is -2.01. The Morgan fingerprint density at radius 3 is 3.06 bits per heavy atom. The standard InChI is InChI=1S/C12H14N2O2/c1-16-11-4-2-3-9(7-11)12-13-8-10(14-12)5-6-15/h2-4,7-8,15H,5-6H2,1H3,(H,13,14). The molecule has 0 saturated heterocycles. The summed E-state index contributed by atoms with van der Waals surface area (Å²) in [4.78, 5) is 7.41. The Bertz CT molecular complexity index is 466. The first-order valence-corrected chi connectivity index (χ1v) is 5.12. The van der Waals surface area contributed by atoms with Crippen molar-refractivity contribution >= 4 is 0 Å². The fourth-order valence-electron chi connectivity index (χ4n) is 1.52. The molecule has 0 atom stereocenters. The molecule has 4 heteroatoms. The minimum absolute atomic E-state index is 0.125. The number of benzene rings is 1. The van der Waals surface area contributed by atoms with Gasteiger partial charge in [0, 0.05) is 30.5 Å². The molecule has 0 bridgehead atoms. The lowest BCUT2D eigenvalue weighted by molar-refractivity contribution is 0.298. The molecule has 16 heavy (non-hydrogen) atoms. The van der Waals surface area contributed by atoms with Crippen LogP contribution in [0, 0.1) is 0 Å². The van der Waals surface area contributed by atoms with Crippen LogP contribution in [0.25, 0.3) is 11.4 Å². The largest absolute Gasteiger partial charge is 0.497 e. The van der Waals surface area contributed by atoms with Crippen molar-refractivity contribution in [2.24, 2.45) is 0 Å². The Hall–Kier alpha value is -1.81. The van der Waals surface area contributed by atoms with E-state index in [-0.39, 0.29) is 6.61 Å². The smallest absolute Gasteiger partial charge is 0.137 e. The van der Waals surface area contributed by atoms with Gasteiger partial charge in [-0.3, -0.25) is 0 Å². The Balaban J connectivity index is 2.27. The maximum absolute atomic E-state index is 8.81. The monoisotopic (exact) mass is 218 g/mol. The highest BCUT2D eigenvalue weighted by Gasteiger charge is 2.04. The van der Waals surface area contributed by atoms with Gasteiger partial charge in [-0.05, 0) is 12.1 Å². The van der Waals surface area contributed by atoms with Gasteiger partial charge in [0.2, 0.25) is 0 Å². The number of methoxy groups -OCH3 is 1. The van der Waals surface area contributed by atoms with Gasteiger partial charge in [-0.1, -0.05) is 12.1 Å². The highest BCUT2D eigenvalue weighted by Crippen LogP contribution is 2.21. The second kappa shape index (κ2) is 4.81. The van der Waals surface area contributed by atoms with E-state index in [9.17, 15) is 0 Å². The van der Waals surface area contributed by atoms with Crippen LogP contribution in [-0.2, 0) is 6.42 Å². The van der Waals surface area contributed by atoms with Crippen molar-refractivity contribution < 1.29 is 9.84 Å². The molecule has 0 spiro atoms. The Morgan fingerprint density at radius 2 is 2.31 bits per heavy atom. The summed E-state index contributed by atoms with van der Waals surface area (Å²) in [5, 5.41) is 8.81. The van der Waals surface area contributed by atoms with Crippen molar-refractivity contribution in [3.8, 4) is 17.1 Å². The number of hydrogen-bond donors (Lipinski definition) is 2. The fourth-order valence-corrected chi connectivity index (χ4v) is 1.52. The summed E-state index contributed by atoms with van der Waals surface area (Å²) in [5.41, 5.74) is 1.91. The van der Waals surface area contributed by atoms with E-state index in [1.807, 2.05) is 24.3 Å². The number of hydrogen-bond acceptors (Lipinski definition) is 3. The Morgan fingerprint density at radius 1 is 1.44 bits per heavy atom. The number of aromatic nitrogens is 2. The SMILES string of the molecule is COc1cccc(-c2ncc(CCO)[nH]2)c1. The van der Waals surface area contributed by atoms with Gasteiger partial charge < -0.3 is 14.8 Å². The molecular formula is C12H14N2O2. The quantitative estimate of drug-likeness (QED) is 0.819. The van der Waals surface area contributed by atoms with Crippen LogP contribution in [0.2, 0.25) is 0 Å². The maximum Gasteiger partial charge on any atom is 0.137 e. The molecule has 1 heterocycles. The molecule has 2 rings (SSSR count). The summed E-state index contributed by atoms with van der Waals surface area (Å²) in [6.45, 7) is 0.125. The molecule has 1 aromatic heterocycles. The van der Waals surface area contributed by atoms with Gasteiger partial charge in [-0.2, -0.15) is 0 Å². The maximum atomic E-state index is 8.81. The lowest BCUT2D eigenvalue weighted by atomic mass is 10.2. The van der Waals surface area contributed by atoms with Crippen LogP contribution in [0.15, 0.2) is 30.5 Å². The summed E-state index contributed by atoms with van der Waals surface area (Å²) < 4.78 is 5.15. The predicted octanol–water partition coefficient (Wildman–Crippen LogP) is 1.62. The number of imidazole rings is 1. The molecule has 0 saturated carbocycles. The first kappa shape index (κ1) is 10.7. The molecule has 84 valence electrons. The van der Waals surface area contributed by atoms with Gasteiger partial charge in [0.05, 0.1) is 7.11 Å². The van der Waals surface area contributed by atoms with E-state index in [0.29, 0.717) is 6.42 Å². The van der Waals surface area contributed by atoms with Crippen LogP contribution >= 0.6 is 0 Å². The van der Waals surface area contributed by atoms with Gasteiger partial charge in [-0.25, -0.2) is 4.98 Å². The van der Waals surface area contributed by atoms with Crippen LogP contribution in [0.1, 0.15) is 5.69 Å². The number of nitrogens with one attached hydrogen (secondary N) is 1. The molecular weight excluding hydrogens is 204 g/mol. The Kier molecular flexibility index (Phi) is 3.22. The van der Waals surface area contributed by atoms with Gasteiger partial charge in [0.25, 0.3) is 0 Å². The molecule has 2 N–H and O–H groups in total. The zero-order valence-electron chi connectivity index (χ0n) is 9.10. The van der Waals surface area contributed by atoms with Crippen molar-refractivity contribution in [3.63, 3.8) is 0 Å². The average Bonchev–Trinajstić information content (AvgIpc) is 2.78. The van der Waals surface area contributed by atoms with Crippen molar-refractivity contribution in [2.75, 3.05) is 13.7 Å². The molecule has 0 aliphatic carbocycles. The van der Waals surface area contributed by atoms with E-state index in [1.54, 1.807) is 13.3 Å². The van der Waals surface area contributed by atoms with Crippen molar-refractivity contribution in [2.45, 2.75) is 6.42 Å². The van der Waals surface area contributed by atoms with Gasteiger partial charge in [-0.15, -0.1) is 0 Å². The third-order valence-corrected chi connectivity index (χ3v) is 2.35. The van der Waals surface area contributed by atoms with Gasteiger partial charge in [0.1, 0.15) is 11.6 Å². The molecule has 0 fully saturated rings. The van der Waals surface area contributed by atoms with E-state index in [1.165, 1.54) is 0 Å². The van der Waals surface area contributed by atoms with Gasteiger partial charge >= 0.3 is 0 Å². The van der Waals surface area contributed by atoms with Crippen LogP contribution in [0.3, 0.4) is 0 Å². The lowest BCUT2D eigenvalue weighted by Crippen LogP contribution is -1.90. The number of ether oxygens (including phenoxy) is 1. The van der Waals surface area contributed by atoms with Crippen LogP contribution in [0.4, 0.5) is 0 Å². The van der Waals surface area contributed by atoms with Crippen molar-refractivity contribution in [3.05, 3.63) is 36.2 Å². The predicted molar refractivity (Wildman–Crippen MR) is 61.4 cm³/mol. The summed E-state index contributed by atoms with van der Waals surface area (Å²) >= 11 is 0. The molecule has 0 aliphatic heterocycles. The molecule has 0 unspecified atom stereocenters. The zero-order valence-corrected chi connectivity index (χ0v) is 9.10. The van der Waals surface area contributed by atoms with E-state index in [4.69, 9.17) is 9.84 Å². The molecule has 0 radical (unpaired) electrons. The van der Waals surface area contributed by atoms with E-state index >= 15 is 0 Å². The van der Waals surface area contributed by atoms with Gasteiger partial charge in [0.15, 0.2) is 0 Å². The number of H-pyrrole nitrogens is 1. The summed E-state index contributed by atoms with van der Waals surface area (Å²) in [5.74, 6) is 1.60. The van der Waals surface area contributed by atoms with Crippen molar-refractivity contribution in [1.82, 2.24) is 9.97 Å². The average molecular weight is 218 g/mol. The molecule has 4 nitrogen and oxygen atoms in total. The number of rotatable bonds is 4. The molecule has 0 amide bonds. The number of nitrogens with zero attached hydrogens (tertiary/aromatic N) is 1. The Labute approximate surface area is 93.9 Å². The topological polar surface area (TPSA) is 58.1 Å². The summed E-state index contributed by atoms with van der Waals surface area (Å²) in [7, 11) is 1.64. The number of aliphatic hydroxyl groups excluding tert-OH is 1. The van der Waals surface area contributed by atoms with E-state index < -0.39 is 0 Å². The van der Waals surface area contributed by atoms with Crippen LogP contribution in [0.5, 0.6) is 5.75 Å².